The van der Waals surface area contributed by atoms with Gasteiger partial charge in [-0.15, -0.1) is 0 Å². The van der Waals surface area contributed by atoms with E-state index in [9.17, 15) is 0 Å². The number of pyridine rings is 1. The number of hydrogen-bond donors (Lipinski definition) is 1. The lowest BCUT2D eigenvalue weighted by Crippen LogP contribution is -2.43. The number of fused-ring (bicyclic) bond motifs is 2. The van der Waals surface area contributed by atoms with Gasteiger partial charge in [-0.25, -0.2) is 4.98 Å². The second kappa shape index (κ2) is 4.88. The van der Waals surface area contributed by atoms with Gasteiger partial charge in [0.25, 0.3) is 0 Å². The highest BCUT2D eigenvalue weighted by molar-refractivity contribution is 5.43. The third kappa shape index (κ3) is 2.37. The number of aromatic nitrogens is 1. The molecule has 2 aliphatic rings. The van der Waals surface area contributed by atoms with Crippen molar-refractivity contribution in [2.45, 2.75) is 39.2 Å². The summed E-state index contributed by atoms with van der Waals surface area (Å²) in [6, 6.07) is 4.27. The van der Waals surface area contributed by atoms with E-state index in [1.54, 1.807) is 0 Å². The smallest absolute Gasteiger partial charge is 0.129 e. The van der Waals surface area contributed by atoms with Crippen molar-refractivity contribution in [1.29, 1.82) is 0 Å². The van der Waals surface area contributed by atoms with Crippen LogP contribution in [0.4, 0.5) is 5.82 Å². The molecule has 1 aromatic rings. The zero-order valence-corrected chi connectivity index (χ0v) is 11.2. The van der Waals surface area contributed by atoms with Crippen molar-refractivity contribution in [3.05, 3.63) is 23.4 Å². The second-order valence-electron chi connectivity index (χ2n) is 5.98. The summed E-state index contributed by atoms with van der Waals surface area (Å²) in [5, 5.41) is 0. The lowest BCUT2D eigenvalue weighted by molar-refractivity contribution is 0.230. The minimum atomic E-state index is 0.608. The van der Waals surface area contributed by atoms with Gasteiger partial charge in [-0.05, 0) is 55.7 Å². The van der Waals surface area contributed by atoms with Gasteiger partial charge >= 0.3 is 0 Å². The Bertz CT molecular complexity index is 418. The van der Waals surface area contributed by atoms with E-state index in [4.69, 9.17) is 10.7 Å². The van der Waals surface area contributed by atoms with E-state index in [2.05, 4.69) is 24.0 Å². The first kappa shape index (κ1) is 12.0. The molecule has 0 spiro atoms. The van der Waals surface area contributed by atoms with E-state index in [0.29, 0.717) is 6.54 Å². The van der Waals surface area contributed by atoms with Gasteiger partial charge < -0.3 is 10.6 Å². The Morgan fingerprint density at radius 1 is 1.28 bits per heavy atom. The molecule has 98 valence electrons. The summed E-state index contributed by atoms with van der Waals surface area (Å²) in [5.41, 5.74) is 8.05. The highest BCUT2D eigenvalue weighted by atomic mass is 15.2. The van der Waals surface area contributed by atoms with Crippen LogP contribution < -0.4 is 10.6 Å². The Morgan fingerprint density at radius 2 is 2.00 bits per heavy atom. The molecular formula is C15H23N3. The second-order valence-corrected chi connectivity index (χ2v) is 5.98. The summed E-state index contributed by atoms with van der Waals surface area (Å²) in [4.78, 5) is 7.19. The van der Waals surface area contributed by atoms with Crippen LogP contribution in [0.15, 0.2) is 12.1 Å². The van der Waals surface area contributed by atoms with Crippen molar-refractivity contribution in [2.24, 2.45) is 17.6 Å². The van der Waals surface area contributed by atoms with E-state index >= 15 is 0 Å². The van der Waals surface area contributed by atoms with Crippen LogP contribution >= 0.6 is 0 Å². The number of hydrogen-bond acceptors (Lipinski definition) is 3. The molecule has 1 aliphatic carbocycles. The quantitative estimate of drug-likeness (QED) is 0.870. The molecule has 2 heterocycles. The maximum absolute atomic E-state index is 5.76. The molecule has 3 heteroatoms. The van der Waals surface area contributed by atoms with Crippen LogP contribution in [0.5, 0.6) is 0 Å². The molecule has 2 N–H and O–H groups in total. The average molecular weight is 245 g/mol. The predicted octanol–water partition coefficient (Wildman–Crippen LogP) is 2.48. The van der Waals surface area contributed by atoms with Gasteiger partial charge in [0.15, 0.2) is 0 Å². The first-order valence-corrected chi connectivity index (χ1v) is 7.17. The SMILES string of the molecule is Cc1cc(CN)cc(N2CC3CCCC(C3)C2)n1. The molecule has 0 radical (unpaired) electrons. The Balaban J connectivity index is 1.83. The van der Waals surface area contributed by atoms with Crippen LogP contribution in [0.1, 0.15) is 36.9 Å². The fourth-order valence-corrected chi connectivity index (χ4v) is 3.62. The van der Waals surface area contributed by atoms with Crippen LogP contribution in [-0.4, -0.2) is 18.1 Å². The number of anilines is 1. The van der Waals surface area contributed by atoms with Crippen LogP contribution in [0.2, 0.25) is 0 Å². The van der Waals surface area contributed by atoms with Gasteiger partial charge in [-0.1, -0.05) is 6.42 Å². The number of nitrogens with zero attached hydrogens (tertiary/aromatic N) is 2. The molecule has 2 atom stereocenters. The Kier molecular flexibility index (Phi) is 3.25. The third-order valence-electron chi connectivity index (χ3n) is 4.41. The normalized spacial score (nSPS) is 27.3. The summed E-state index contributed by atoms with van der Waals surface area (Å²) in [6.07, 6.45) is 5.68. The standard InChI is InChI=1S/C15H23N3/c1-11-5-14(8-16)7-15(17-11)18-9-12-3-2-4-13(6-12)10-18/h5,7,12-13H,2-4,6,8-10,16H2,1H3. The number of rotatable bonds is 2. The van der Waals surface area contributed by atoms with E-state index in [-0.39, 0.29) is 0 Å². The molecule has 0 amide bonds. The van der Waals surface area contributed by atoms with Crippen molar-refractivity contribution in [3.63, 3.8) is 0 Å². The molecule has 2 fully saturated rings. The predicted molar refractivity (Wildman–Crippen MR) is 74.5 cm³/mol. The van der Waals surface area contributed by atoms with Crippen molar-refractivity contribution in [1.82, 2.24) is 4.98 Å². The maximum atomic E-state index is 5.76. The highest BCUT2D eigenvalue weighted by Crippen LogP contribution is 2.35. The van der Waals surface area contributed by atoms with Crippen molar-refractivity contribution in [3.8, 4) is 0 Å². The topological polar surface area (TPSA) is 42.1 Å². The molecule has 3 nitrogen and oxygen atoms in total. The minimum absolute atomic E-state index is 0.608. The summed E-state index contributed by atoms with van der Waals surface area (Å²) >= 11 is 0. The van der Waals surface area contributed by atoms with Crippen LogP contribution in [0, 0.1) is 18.8 Å². The van der Waals surface area contributed by atoms with E-state index in [1.807, 2.05) is 0 Å². The fraction of sp³-hybridized carbons (Fsp3) is 0.667. The first-order valence-electron chi connectivity index (χ1n) is 7.17. The average Bonchev–Trinajstić information content (AvgIpc) is 2.37. The van der Waals surface area contributed by atoms with E-state index in [1.165, 1.54) is 44.3 Å². The van der Waals surface area contributed by atoms with Gasteiger partial charge in [0.2, 0.25) is 0 Å². The van der Waals surface area contributed by atoms with Crippen molar-refractivity contribution in [2.75, 3.05) is 18.0 Å². The third-order valence-corrected chi connectivity index (χ3v) is 4.41. The van der Waals surface area contributed by atoms with Crippen molar-refractivity contribution < 1.29 is 0 Å². The van der Waals surface area contributed by atoms with Gasteiger partial charge in [0.1, 0.15) is 5.82 Å². The van der Waals surface area contributed by atoms with Crippen LogP contribution in [0.3, 0.4) is 0 Å². The molecule has 3 rings (SSSR count). The molecule has 1 saturated heterocycles. The highest BCUT2D eigenvalue weighted by Gasteiger charge is 2.31. The number of aryl methyl sites for hydroxylation is 1. The van der Waals surface area contributed by atoms with Crippen LogP contribution in [0.25, 0.3) is 0 Å². The van der Waals surface area contributed by atoms with Gasteiger partial charge in [0, 0.05) is 25.3 Å². The minimum Gasteiger partial charge on any atom is -0.356 e. The molecule has 1 aromatic heterocycles. The Morgan fingerprint density at radius 3 is 2.67 bits per heavy atom. The molecular weight excluding hydrogens is 222 g/mol. The summed E-state index contributed by atoms with van der Waals surface area (Å²) in [6.45, 7) is 5.05. The van der Waals surface area contributed by atoms with Gasteiger partial charge in [-0.3, -0.25) is 0 Å². The largest absolute Gasteiger partial charge is 0.356 e. The summed E-state index contributed by atoms with van der Waals surface area (Å²) in [7, 11) is 0. The van der Waals surface area contributed by atoms with Gasteiger partial charge in [0.05, 0.1) is 0 Å². The lowest BCUT2D eigenvalue weighted by Gasteiger charge is -2.42. The summed E-state index contributed by atoms with van der Waals surface area (Å²) in [5.74, 6) is 2.93. The molecule has 2 bridgehead atoms. The fourth-order valence-electron chi connectivity index (χ4n) is 3.62. The monoisotopic (exact) mass is 245 g/mol. The Labute approximate surface area is 109 Å². The van der Waals surface area contributed by atoms with Crippen LogP contribution in [-0.2, 0) is 6.54 Å². The molecule has 2 unspecified atom stereocenters. The molecule has 1 saturated carbocycles. The molecule has 18 heavy (non-hydrogen) atoms. The molecule has 0 aromatic carbocycles. The van der Waals surface area contributed by atoms with Gasteiger partial charge in [-0.2, -0.15) is 0 Å². The zero-order chi connectivity index (χ0) is 12.5. The summed E-state index contributed by atoms with van der Waals surface area (Å²) < 4.78 is 0. The van der Waals surface area contributed by atoms with E-state index < -0.39 is 0 Å². The number of nitrogens with two attached hydrogens (primary N) is 1. The lowest BCUT2D eigenvalue weighted by atomic mass is 9.78. The van der Waals surface area contributed by atoms with Crippen molar-refractivity contribution >= 4 is 5.82 Å². The zero-order valence-electron chi connectivity index (χ0n) is 11.2. The first-order chi connectivity index (χ1) is 8.74. The maximum Gasteiger partial charge on any atom is 0.129 e. The number of piperidine rings is 1. The Hall–Kier alpha value is -1.09. The molecule has 1 aliphatic heterocycles. The van der Waals surface area contributed by atoms with E-state index in [0.717, 1.165) is 23.3 Å².